The molecule has 2 N–H and O–H groups in total. The van der Waals surface area contributed by atoms with E-state index in [0.29, 0.717) is 22.3 Å². The van der Waals surface area contributed by atoms with Crippen LogP contribution < -0.4 is 5.32 Å². The molecule has 0 amide bonds. The van der Waals surface area contributed by atoms with Crippen molar-refractivity contribution in [2.24, 2.45) is 0 Å². The Hall–Kier alpha value is -4.20. The zero-order valence-corrected chi connectivity index (χ0v) is 17.0. The summed E-state index contributed by atoms with van der Waals surface area (Å²) < 4.78 is 54.8. The number of pyridine rings is 1. The Labute approximate surface area is 185 Å². The molecular formula is C25H16F4N4. The number of nitrogens with zero attached hydrogens (tertiary/aromatic N) is 2. The van der Waals surface area contributed by atoms with Gasteiger partial charge in [0.15, 0.2) is 5.82 Å². The second-order valence-corrected chi connectivity index (χ2v) is 7.42. The first-order valence-electron chi connectivity index (χ1n) is 10.0. The van der Waals surface area contributed by atoms with E-state index in [2.05, 4.69) is 20.5 Å². The normalized spacial score (nSPS) is 11.6. The van der Waals surface area contributed by atoms with Crippen molar-refractivity contribution in [2.45, 2.75) is 6.18 Å². The quantitative estimate of drug-likeness (QED) is 0.286. The number of aromatic amines is 1. The molecule has 4 nitrogen and oxygen atoms in total. The summed E-state index contributed by atoms with van der Waals surface area (Å²) in [5.74, 6) is 0.163. The maximum absolute atomic E-state index is 13.8. The molecule has 0 saturated heterocycles. The molecule has 0 aliphatic heterocycles. The van der Waals surface area contributed by atoms with Crippen LogP contribution in [0.25, 0.3) is 33.3 Å². The summed E-state index contributed by atoms with van der Waals surface area (Å²) in [7, 11) is 0. The highest BCUT2D eigenvalue weighted by molar-refractivity contribution is 5.91. The van der Waals surface area contributed by atoms with Gasteiger partial charge in [-0.05, 0) is 47.5 Å². The van der Waals surface area contributed by atoms with Gasteiger partial charge < -0.3 is 5.32 Å². The van der Waals surface area contributed by atoms with E-state index in [1.165, 1.54) is 24.3 Å². The van der Waals surface area contributed by atoms with Crippen molar-refractivity contribution < 1.29 is 17.6 Å². The third-order valence-corrected chi connectivity index (χ3v) is 5.21. The zero-order valence-electron chi connectivity index (χ0n) is 17.0. The van der Waals surface area contributed by atoms with Crippen LogP contribution >= 0.6 is 0 Å². The van der Waals surface area contributed by atoms with E-state index in [9.17, 15) is 17.6 Å². The van der Waals surface area contributed by atoms with Crippen molar-refractivity contribution >= 4 is 22.5 Å². The van der Waals surface area contributed by atoms with Crippen LogP contribution in [0.4, 0.5) is 29.2 Å². The van der Waals surface area contributed by atoms with Crippen molar-refractivity contribution in [3.05, 3.63) is 96.3 Å². The molecule has 0 saturated carbocycles. The third kappa shape index (κ3) is 4.15. The van der Waals surface area contributed by atoms with Gasteiger partial charge in [0.2, 0.25) is 0 Å². The lowest BCUT2D eigenvalue weighted by Gasteiger charge is -2.15. The number of aromatic nitrogens is 3. The van der Waals surface area contributed by atoms with Crippen molar-refractivity contribution in [3.63, 3.8) is 0 Å². The van der Waals surface area contributed by atoms with Crippen LogP contribution in [0.5, 0.6) is 0 Å². The molecule has 8 heteroatoms. The first-order chi connectivity index (χ1) is 15.9. The highest BCUT2D eigenvalue weighted by Crippen LogP contribution is 2.38. The number of fused-ring (bicyclic) bond motifs is 1. The van der Waals surface area contributed by atoms with E-state index >= 15 is 0 Å². The molecule has 164 valence electrons. The Morgan fingerprint density at radius 1 is 0.788 bits per heavy atom. The van der Waals surface area contributed by atoms with Crippen LogP contribution in [-0.4, -0.2) is 15.2 Å². The smallest absolute Gasteiger partial charge is 0.323 e. The SMILES string of the molecule is Fc1ccc2[nH]nc(Nc3cc(-c4ccccc4)cc(-c4ccccc4C(F)(F)F)n3)c2c1. The van der Waals surface area contributed by atoms with E-state index in [1.807, 2.05) is 30.3 Å². The average molecular weight is 448 g/mol. The molecule has 33 heavy (non-hydrogen) atoms. The van der Waals surface area contributed by atoms with Crippen LogP contribution in [0.2, 0.25) is 0 Å². The number of hydrogen-bond donors (Lipinski definition) is 2. The van der Waals surface area contributed by atoms with E-state index in [-0.39, 0.29) is 17.1 Å². The highest BCUT2D eigenvalue weighted by Gasteiger charge is 2.33. The Kier molecular flexibility index (Phi) is 5.05. The lowest BCUT2D eigenvalue weighted by atomic mass is 9.99. The molecule has 0 spiro atoms. The number of alkyl halides is 3. The third-order valence-electron chi connectivity index (χ3n) is 5.21. The molecule has 5 aromatic rings. The van der Waals surface area contributed by atoms with E-state index in [0.717, 1.165) is 11.6 Å². The summed E-state index contributed by atoms with van der Waals surface area (Å²) in [4.78, 5) is 4.45. The average Bonchev–Trinajstić information content (AvgIpc) is 3.20. The fraction of sp³-hybridized carbons (Fsp3) is 0.0400. The zero-order chi connectivity index (χ0) is 23.0. The maximum atomic E-state index is 13.8. The first kappa shape index (κ1) is 20.7. The van der Waals surface area contributed by atoms with Crippen LogP contribution in [0.15, 0.2) is 84.9 Å². The van der Waals surface area contributed by atoms with Gasteiger partial charge in [0, 0.05) is 10.9 Å². The number of hydrogen-bond acceptors (Lipinski definition) is 3. The van der Waals surface area contributed by atoms with Crippen molar-refractivity contribution in [2.75, 3.05) is 5.32 Å². The summed E-state index contributed by atoms with van der Waals surface area (Å²) in [6, 6.07) is 22.1. The molecule has 0 fully saturated rings. The molecule has 0 aliphatic carbocycles. The standard InChI is InChI=1S/C25H16F4N4/c26-17-10-11-21-19(14-17)24(33-32-21)31-23-13-16(15-6-2-1-3-7-15)12-22(30-23)18-8-4-5-9-20(18)25(27,28)29/h1-14H,(H2,30,31,32,33). The second kappa shape index (κ2) is 8.05. The molecular weight excluding hydrogens is 432 g/mol. The lowest BCUT2D eigenvalue weighted by Crippen LogP contribution is -2.08. The fourth-order valence-corrected chi connectivity index (χ4v) is 3.69. The van der Waals surface area contributed by atoms with Gasteiger partial charge in [0.05, 0.1) is 16.8 Å². The summed E-state index contributed by atoms with van der Waals surface area (Å²) in [5, 5.41) is 10.5. The minimum absolute atomic E-state index is 0.0382. The molecule has 0 aliphatic rings. The molecule has 5 rings (SSSR count). The maximum Gasteiger partial charge on any atom is 0.417 e. The molecule has 3 aromatic carbocycles. The summed E-state index contributed by atoms with van der Waals surface area (Å²) in [6.07, 6.45) is -4.54. The Balaban J connectivity index is 1.67. The minimum atomic E-state index is -4.54. The largest absolute Gasteiger partial charge is 0.417 e. The molecule has 2 aromatic heterocycles. The number of halogens is 4. The van der Waals surface area contributed by atoms with Crippen LogP contribution in [0, 0.1) is 5.82 Å². The summed E-state index contributed by atoms with van der Waals surface area (Å²) in [5.41, 5.74) is 1.43. The number of nitrogens with one attached hydrogen (secondary N) is 2. The van der Waals surface area contributed by atoms with Crippen LogP contribution in [-0.2, 0) is 6.18 Å². The first-order valence-corrected chi connectivity index (χ1v) is 10.0. The second-order valence-electron chi connectivity index (χ2n) is 7.42. The van der Waals surface area contributed by atoms with Crippen molar-refractivity contribution in [1.82, 2.24) is 15.2 Å². The van der Waals surface area contributed by atoms with Crippen LogP contribution in [0.1, 0.15) is 5.56 Å². The van der Waals surface area contributed by atoms with Gasteiger partial charge in [-0.1, -0.05) is 48.5 Å². The van der Waals surface area contributed by atoms with E-state index < -0.39 is 17.6 Å². The highest BCUT2D eigenvalue weighted by atomic mass is 19.4. The Morgan fingerprint density at radius 2 is 1.55 bits per heavy atom. The number of benzene rings is 3. The molecule has 0 atom stereocenters. The van der Waals surface area contributed by atoms with Gasteiger partial charge in [0.25, 0.3) is 0 Å². The van der Waals surface area contributed by atoms with Crippen LogP contribution in [0.3, 0.4) is 0 Å². The van der Waals surface area contributed by atoms with Gasteiger partial charge in [-0.15, -0.1) is 0 Å². The number of anilines is 2. The predicted molar refractivity (Wildman–Crippen MR) is 119 cm³/mol. The van der Waals surface area contributed by atoms with Crippen molar-refractivity contribution in [1.29, 1.82) is 0 Å². The van der Waals surface area contributed by atoms with Crippen molar-refractivity contribution in [3.8, 4) is 22.4 Å². The predicted octanol–water partition coefficient (Wildman–Crippen LogP) is 7.19. The topological polar surface area (TPSA) is 53.6 Å². The van der Waals surface area contributed by atoms with Gasteiger partial charge >= 0.3 is 6.18 Å². The van der Waals surface area contributed by atoms with Gasteiger partial charge in [0.1, 0.15) is 11.6 Å². The van der Waals surface area contributed by atoms with Gasteiger partial charge in [-0.3, -0.25) is 5.10 Å². The lowest BCUT2D eigenvalue weighted by molar-refractivity contribution is -0.137. The molecule has 2 heterocycles. The number of rotatable bonds is 4. The van der Waals surface area contributed by atoms with E-state index in [1.54, 1.807) is 24.3 Å². The molecule has 0 bridgehead atoms. The Morgan fingerprint density at radius 3 is 2.33 bits per heavy atom. The van der Waals surface area contributed by atoms with Gasteiger partial charge in [-0.25, -0.2) is 9.37 Å². The minimum Gasteiger partial charge on any atom is -0.323 e. The summed E-state index contributed by atoms with van der Waals surface area (Å²) >= 11 is 0. The molecule has 0 unspecified atom stereocenters. The Bertz CT molecular complexity index is 1440. The fourth-order valence-electron chi connectivity index (χ4n) is 3.69. The van der Waals surface area contributed by atoms with E-state index in [4.69, 9.17) is 0 Å². The monoisotopic (exact) mass is 448 g/mol. The van der Waals surface area contributed by atoms with Gasteiger partial charge in [-0.2, -0.15) is 18.3 Å². The summed E-state index contributed by atoms with van der Waals surface area (Å²) in [6.45, 7) is 0. The number of H-pyrrole nitrogens is 1. The molecule has 0 radical (unpaired) electrons.